The number of fused-ring (bicyclic) bond motifs is 1. The summed E-state index contributed by atoms with van der Waals surface area (Å²) in [5.74, 6) is -1.56. The van der Waals surface area contributed by atoms with Gasteiger partial charge in [-0.1, -0.05) is 12.6 Å². The zero-order valence-corrected chi connectivity index (χ0v) is 14.4. The molecule has 0 aliphatic carbocycles. The number of nitrogen functional groups attached to an aromatic ring is 1. The highest BCUT2D eigenvalue weighted by Crippen LogP contribution is 2.38. The van der Waals surface area contributed by atoms with Crippen molar-refractivity contribution in [3.8, 4) is 11.4 Å². The summed E-state index contributed by atoms with van der Waals surface area (Å²) in [6, 6.07) is 2.61. The lowest BCUT2D eigenvalue weighted by molar-refractivity contribution is 0.100. The van der Waals surface area contributed by atoms with E-state index < -0.39 is 11.7 Å². The minimum absolute atomic E-state index is 0.0299. The SMILES string of the molecule is [C-]#[N+]c1nc2c(cc1C)c(C(N)=O)c(N)n2-c1c(C)c(O)cc(F)c1C. The van der Waals surface area contributed by atoms with E-state index in [1.165, 1.54) is 11.5 Å². The number of carbonyl (C=O) groups is 1. The van der Waals surface area contributed by atoms with Crippen molar-refractivity contribution in [2.45, 2.75) is 20.8 Å². The molecule has 0 unspecified atom stereocenters. The summed E-state index contributed by atoms with van der Waals surface area (Å²) in [6.07, 6.45) is 0. The number of nitrogens with two attached hydrogens (primary N) is 2. The van der Waals surface area contributed by atoms with Gasteiger partial charge in [-0.2, -0.15) is 0 Å². The van der Waals surface area contributed by atoms with Crippen molar-refractivity contribution in [2.24, 2.45) is 5.73 Å². The van der Waals surface area contributed by atoms with E-state index in [9.17, 15) is 14.3 Å². The number of amides is 1. The summed E-state index contributed by atoms with van der Waals surface area (Å²) < 4.78 is 15.6. The average molecular weight is 353 g/mol. The predicted octanol–water partition coefficient (Wildman–Crippen LogP) is 3.03. The number of hydrogen-bond donors (Lipinski definition) is 3. The fourth-order valence-corrected chi connectivity index (χ4v) is 3.10. The number of halogens is 1. The van der Waals surface area contributed by atoms with Crippen LogP contribution < -0.4 is 11.5 Å². The van der Waals surface area contributed by atoms with Crippen LogP contribution in [-0.4, -0.2) is 20.6 Å². The molecule has 5 N–H and O–H groups in total. The molecular weight excluding hydrogens is 337 g/mol. The molecule has 0 saturated carbocycles. The minimum atomic E-state index is -0.765. The third-order valence-electron chi connectivity index (χ3n) is 4.44. The van der Waals surface area contributed by atoms with Gasteiger partial charge in [0.2, 0.25) is 5.65 Å². The summed E-state index contributed by atoms with van der Waals surface area (Å²) in [6.45, 7) is 12.1. The molecule has 0 atom stereocenters. The second-order valence-electron chi connectivity index (χ2n) is 6.05. The van der Waals surface area contributed by atoms with Gasteiger partial charge in [0.15, 0.2) is 0 Å². The molecule has 3 rings (SSSR count). The van der Waals surface area contributed by atoms with E-state index in [1.54, 1.807) is 19.9 Å². The summed E-state index contributed by atoms with van der Waals surface area (Å²) in [5.41, 5.74) is 13.3. The number of phenols is 1. The Morgan fingerprint density at radius 2 is 1.96 bits per heavy atom. The van der Waals surface area contributed by atoms with Gasteiger partial charge in [0, 0.05) is 17.2 Å². The largest absolute Gasteiger partial charge is 0.507 e. The van der Waals surface area contributed by atoms with Crippen LogP contribution in [-0.2, 0) is 0 Å². The number of aryl methyl sites for hydroxylation is 1. The predicted molar refractivity (Wildman–Crippen MR) is 96.1 cm³/mol. The Morgan fingerprint density at radius 1 is 1.31 bits per heavy atom. The molecule has 0 aliphatic heterocycles. The Kier molecular flexibility index (Phi) is 3.80. The molecular formula is C18H16FN5O2. The molecule has 0 bridgehead atoms. The van der Waals surface area contributed by atoms with Crippen LogP contribution >= 0.6 is 0 Å². The highest BCUT2D eigenvalue weighted by molar-refractivity contribution is 6.11. The minimum Gasteiger partial charge on any atom is -0.507 e. The quantitative estimate of drug-likeness (QED) is 0.615. The number of carbonyl (C=O) groups excluding carboxylic acids is 1. The van der Waals surface area contributed by atoms with Crippen LogP contribution in [0.25, 0.3) is 21.6 Å². The van der Waals surface area contributed by atoms with Crippen LogP contribution in [0.5, 0.6) is 5.75 Å². The lowest BCUT2D eigenvalue weighted by Gasteiger charge is -2.15. The van der Waals surface area contributed by atoms with Crippen LogP contribution in [0.4, 0.5) is 16.0 Å². The van der Waals surface area contributed by atoms with E-state index in [0.29, 0.717) is 16.5 Å². The van der Waals surface area contributed by atoms with Crippen LogP contribution in [0.1, 0.15) is 27.0 Å². The maximum atomic E-state index is 14.2. The van der Waals surface area contributed by atoms with Gasteiger partial charge < -0.3 is 21.4 Å². The number of nitrogens with zero attached hydrogens (tertiary/aromatic N) is 3. The van der Waals surface area contributed by atoms with Crippen LogP contribution in [0.3, 0.4) is 0 Å². The fourth-order valence-electron chi connectivity index (χ4n) is 3.10. The zero-order chi connectivity index (χ0) is 19.3. The van der Waals surface area contributed by atoms with Crippen LogP contribution in [0.2, 0.25) is 0 Å². The first-order chi connectivity index (χ1) is 12.2. The first kappa shape index (κ1) is 17.2. The summed E-state index contributed by atoms with van der Waals surface area (Å²) in [7, 11) is 0. The van der Waals surface area contributed by atoms with Crippen molar-refractivity contribution in [1.82, 2.24) is 9.55 Å². The molecule has 0 spiro atoms. The number of pyridine rings is 1. The Balaban J connectivity index is 2.59. The van der Waals surface area contributed by atoms with E-state index in [1.807, 2.05) is 0 Å². The van der Waals surface area contributed by atoms with Crippen molar-refractivity contribution in [3.05, 3.63) is 51.6 Å². The zero-order valence-electron chi connectivity index (χ0n) is 14.4. The number of rotatable bonds is 2. The number of primary amides is 1. The van der Waals surface area contributed by atoms with Gasteiger partial charge in [0.05, 0.1) is 16.6 Å². The van der Waals surface area contributed by atoms with E-state index >= 15 is 0 Å². The molecule has 7 nitrogen and oxygen atoms in total. The second kappa shape index (κ2) is 5.74. The van der Waals surface area contributed by atoms with Crippen molar-refractivity contribution in [1.29, 1.82) is 0 Å². The van der Waals surface area contributed by atoms with Gasteiger partial charge in [0.1, 0.15) is 17.4 Å². The number of anilines is 1. The summed E-state index contributed by atoms with van der Waals surface area (Å²) in [4.78, 5) is 19.6. The normalized spacial score (nSPS) is 10.9. The van der Waals surface area contributed by atoms with Crippen LogP contribution in [0.15, 0.2) is 12.1 Å². The van der Waals surface area contributed by atoms with Gasteiger partial charge in [-0.15, -0.1) is 4.98 Å². The van der Waals surface area contributed by atoms with E-state index in [4.69, 9.17) is 18.0 Å². The number of benzene rings is 1. The molecule has 2 aromatic heterocycles. The molecule has 1 amide bonds. The van der Waals surface area contributed by atoms with Gasteiger partial charge in [-0.25, -0.2) is 4.39 Å². The Morgan fingerprint density at radius 3 is 2.54 bits per heavy atom. The molecule has 1 aromatic carbocycles. The van der Waals surface area contributed by atoms with Crippen LogP contribution in [0, 0.1) is 33.2 Å². The molecule has 0 saturated heterocycles. The van der Waals surface area contributed by atoms with Crippen molar-refractivity contribution >= 4 is 28.6 Å². The molecule has 2 heterocycles. The van der Waals surface area contributed by atoms with E-state index in [-0.39, 0.29) is 39.8 Å². The Labute approximate surface area is 148 Å². The Hall–Kier alpha value is -3.60. The van der Waals surface area contributed by atoms with Crippen molar-refractivity contribution in [2.75, 3.05) is 5.73 Å². The second-order valence-corrected chi connectivity index (χ2v) is 6.05. The molecule has 0 aliphatic rings. The van der Waals surface area contributed by atoms with Gasteiger partial charge in [-0.3, -0.25) is 9.36 Å². The van der Waals surface area contributed by atoms with Gasteiger partial charge in [0.25, 0.3) is 11.7 Å². The van der Waals surface area contributed by atoms with E-state index in [2.05, 4.69) is 9.83 Å². The lowest BCUT2D eigenvalue weighted by Crippen LogP contribution is -2.14. The molecule has 0 radical (unpaired) electrons. The Bertz CT molecular complexity index is 1120. The standard InChI is InChI=1S/C18H16FN5O2/c1-7-5-10-13(16(21)26)15(20)24(18(10)23-17(7)22-4)14-8(2)11(19)6-12(25)9(14)3/h5-6,25H,20H2,1-3H3,(H2,21,26). The summed E-state index contributed by atoms with van der Waals surface area (Å²) >= 11 is 0. The monoisotopic (exact) mass is 353 g/mol. The molecule has 8 heteroatoms. The van der Waals surface area contributed by atoms with Crippen molar-refractivity contribution < 1.29 is 14.3 Å². The molecule has 3 aromatic rings. The van der Waals surface area contributed by atoms with Gasteiger partial charge in [-0.05, 0) is 26.3 Å². The highest BCUT2D eigenvalue weighted by atomic mass is 19.1. The molecule has 26 heavy (non-hydrogen) atoms. The molecule has 132 valence electrons. The first-order valence-corrected chi connectivity index (χ1v) is 7.66. The van der Waals surface area contributed by atoms with E-state index in [0.717, 1.165) is 6.07 Å². The smallest absolute Gasteiger partial charge is 0.274 e. The van der Waals surface area contributed by atoms with Gasteiger partial charge >= 0.3 is 0 Å². The average Bonchev–Trinajstić information content (AvgIpc) is 2.84. The third kappa shape index (κ3) is 2.25. The number of aromatic hydroxyl groups is 1. The molecule has 0 fully saturated rings. The van der Waals surface area contributed by atoms with Crippen molar-refractivity contribution in [3.63, 3.8) is 0 Å². The number of phenolic OH excluding ortho intramolecular Hbond substituents is 1. The number of hydrogen-bond acceptors (Lipinski definition) is 4. The fraction of sp³-hybridized carbons (Fsp3) is 0.167. The first-order valence-electron chi connectivity index (χ1n) is 7.66. The summed E-state index contributed by atoms with van der Waals surface area (Å²) in [5, 5.41) is 10.4. The third-order valence-corrected chi connectivity index (χ3v) is 4.44. The maximum absolute atomic E-state index is 14.2. The lowest BCUT2D eigenvalue weighted by atomic mass is 10.1. The number of aromatic nitrogens is 2. The topological polar surface area (TPSA) is 112 Å². The highest BCUT2D eigenvalue weighted by Gasteiger charge is 2.27. The maximum Gasteiger partial charge on any atom is 0.274 e.